The lowest BCUT2D eigenvalue weighted by Gasteiger charge is -2.03. The normalized spacial score (nSPS) is 10.8. The number of hydrogen-bond donors (Lipinski definition) is 0. The number of aliphatic imine (C=N–C) groups is 1. The van der Waals surface area contributed by atoms with Gasteiger partial charge in [0, 0.05) is 0 Å². The molecule has 0 aliphatic heterocycles. The van der Waals surface area contributed by atoms with Gasteiger partial charge in [-0.1, -0.05) is 42.0 Å². The van der Waals surface area contributed by atoms with Crippen molar-refractivity contribution in [3.05, 3.63) is 65.2 Å². The van der Waals surface area contributed by atoms with Crippen molar-refractivity contribution in [2.75, 3.05) is 7.11 Å². The van der Waals surface area contributed by atoms with Crippen molar-refractivity contribution in [2.24, 2.45) is 4.99 Å². The molecule has 0 fully saturated rings. The summed E-state index contributed by atoms with van der Waals surface area (Å²) in [6.45, 7) is 2.10. The van der Waals surface area contributed by atoms with E-state index >= 15 is 0 Å². The van der Waals surface area contributed by atoms with Crippen LogP contribution >= 0.6 is 0 Å². The van der Waals surface area contributed by atoms with Gasteiger partial charge in [0.2, 0.25) is 0 Å². The summed E-state index contributed by atoms with van der Waals surface area (Å²) in [5, 5.41) is 0. The Kier molecular flexibility index (Phi) is 4.13. The van der Waals surface area contributed by atoms with Crippen LogP contribution in [0.2, 0.25) is 0 Å². The number of aryl methyl sites for hydroxylation is 1. The Morgan fingerprint density at radius 1 is 0.944 bits per heavy atom. The number of methoxy groups -OCH3 is 1. The third-order valence-electron chi connectivity index (χ3n) is 2.77. The summed E-state index contributed by atoms with van der Waals surface area (Å²) in [7, 11) is 1.59. The first-order valence-electron chi connectivity index (χ1n) is 5.98. The van der Waals surface area contributed by atoms with Crippen molar-refractivity contribution in [1.29, 1.82) is 0 Å². The molecule has 2 aromatic carbocycles. The molecular weight excluding hydrogens is 222 g/mol. The maximum atomic E-state index is 4.79. The van der Waals surface area contributed by atoms with Gasteiger partial charge in [-0.05, 0) is 36.6 Å². The minimum absolute atomic E-state index is 0.907. The lowest BCUT2D eigenvalue weighted by atomic mass is 10.0. The highest BCUT2D eigenvalue weighted by molar-refractivity contribution is 5.55. The van der Waals surface area contributed by atoms with E-state index in [1.807, 2.05) is 12.1 Å². The molecule has 0 radical (unpaired) electrons. The molecule has 0 amide bonds. The standard InChI is InChI=1S/C16H17NO/c1-13-3-5-14(6-4-13)11-15-7-9-16(10-8-15)17-12-18-2/h3-10,12H,11H2,1-2H3. The molecule has 0 saturated heterocycles. The second kappa shape index (κ2) is 6.01. The molecule has 2 nitrogen and oxygen atoms in total. The van der Waals surface area contributed by atoms with Crippen molar-refractivity contribution in [3.8, 4) is 0 Å². The van der Waals surface area contributed by atoms with Crippen LogP contribution in [-0.2, 0) is 11.2 Å². The molecule has 0 N–H and O–H groups in total. The Labute approximate surface area is 108 Å². The predicted octanol–water partition coefficient (Wildman–Crippen LogP) is 3.89. The Hall–Kier alpha value is -2.09. The number of ether oxygens (including phenoxy) is 1. The molecule has 0 aliphatic rings. The average molecular weight is 239 g/mol. The fourth-order valence-electron chi connectivity index (χ4n) is 1.76. The fraction of sp³-hybridized carbons (Fsp3) is 0.188. The van der Waals surface area contributed by atoms with E-state index in [2.05, 4.69) is 48.3 Å². The summed E-state index contributed by atoms with van der Waals surface area (Å²) < 4.78 is 4.79. The first-order chi connectivity index (χ1) is 8.78. The van der Waals surface area contributed by atoms with Gasteiger partial charge in [0.25, 0.3) is 0 Å². The van der Waals surface area contributed by atoms with Crippen LogP contribution in [0.25, 0.3) is 0 Å². The maximum absolute atomic E-state index is 4.79. The van der Waals surface area contributed by atoms with E-state index in [0.29, 0.717) is 0 Å². The van der Waals surface area contributed by atoms with Crippen LogP contribution in [0.3, 0.4) is 0 Å². The average Bonchev–Trinajstić information content (AvgIpc) is 2.41. The van der Waals surface area contributed by atoms with Gasteiger partial charge in [-0.15, -0.1) is 0 Å². The monoisotopic (exact) mass is 239 g/mol. The van der Waals surface area contributed by atoms with Crippen molar-refractivity contribution in [2.45, 2.75) is 13.3 Å². The van der Waals surface area contributed by atoms with Gasteiger partial charge < -0.3 is 4.74 Å². The molecule has 0 atom stereocenters. The Bertz CT molecular complexity index is 512. The number of hydrogen-bond acceptors (Lipinski definition) is 2. The second-order valence-electron chi connectivity index (χ2n) is 4.30. The first kappa shape index (κ1) is 12.4. The van der Waals surface area contributed by atoms with Crippen molar-refractivity contribution >= 4 is 12.1 Å². The van der Waals surface area contributed by atoms with Crippen LogP contribution in [0.15, 0.2) is 53.5 Å². The minimum atomic E-state index is 0.907. The highest BCUT2D eigenvalue weighted by atomic mass is 16.5. The van der Waals surface area contributed by atoms with Crippen LogP contribution in [0.5, 0.6) is 0 Å². The molecule has 2 heteroatoms. The van der Waals surface area contributed by atoms with Crippen LogP contribution < -0.4 is 0 Å². The van der Waals surface area contributed by atoms with Gasteiger partial charge >= 0.3 is 0 Å². The number of rotatable bonds is 4. The van der Waals surface area contributed by atoms with Gasteiger partial charge in [0.1, 0.15) is 0 Å². The molecule has 0 heterocycles. The quantitative estimate of drug-likeness (QED) is 0.586. The molecule has 0 aromatic heterocycles. The number of benzene rings is 2. The maximum Gasteiger partial charge on any atom is 0.174 e. The molecule has 2 rings (SSSR count). The Balaban J connectivity index is 2.06. The summed E-state index contributed by atoms with van der Waals surface area (Å²) in [6.07, 6.45) is 2.39. The van der Waals surface area contributed by atoms with E-state index in [9.17, 15) is 0 Å². The van der Waals surface area contributed by atoms with E-state index in [4.69, 9.17) is 4.74 Å². The first-order valence-corrected chi connectivity index (χ1v) is 5.98. The van der Waals surface area contributed by atoms with E-state index in [-0.39, 0.29) is 0 Å². The van der Waals surface area contributed by atoms with E-state index < -0.39 is 0 Å². The van der Waals surface area contributed by atoms with E-state index in [1.165, 1.54) is 23.1 Å². The van der Waals surface area contributed by atoms with Gasteiger partial charge in [-0.25, -0.2) is 4.99 Å². The van der Waals surface area contributed by atoms with Crippen molar-refractivity contribution in [3.63, 3.8) is 0 Å². The molecule has 92 valence electrons. The third kappa shape index (κ3) is 3.45. The van der Waals surface area contributed by atoms with Gasteiger partial charge in [0.05, 0.1) is 12.8 Å². The summed E-state index contributed by atoms with van der Waals surface area (Å²) in [6, 6.07) is 16.8. The molecule has 0 unspecified atom stereocenters. The molecule has 2 aromatic rings. The molecule has 18 heavy (non-hydrogen) atoms. The lowest BCUT2D eigenvalue weighted by Crippen LogP contribution is -1.87. The zero-order chi connectivity index (χ0) is 12.8. The van der Waals surface area contributed by atoms with Crippen LogP contribution in [0.1, 0.15) is 16.7 Å². The van der Waals surface area contributed by atoms with Crippen molar-refractivity contribution in [1.82, 2.24) is 0 Å². The SMILES string of the molecule is COC=Nc1ccc(Cc2ccc(C)cc2)cc1. The fourth-order valence-corrected chi connectivity index (χ4v) is 1.76. The molecule has 0 spiro atoms. The van der Waals surface area contributed by atoms with E-state index in [0.717, 1.165) is 12.1 Å². The second-order valence-corrected chi connectivity index (χ2v) is 4.30. The molecule has 0 bridgehead atoms. The largest absolute Gasteiger partial charge is 0.486 e. The summed E-state index contributed by atoms with van der Waals surface area (Å²) in [5.74, 6) is 0. The molecular formula is C16H17NO. The van der Waals surface area contributed by atoms with Crippen LogP contribution in [-0.4, -0.2) is 13.5 Å². The van der Waals surface area contributed by atoms with E-state index in [1.54, 1.807) is 7.11 Å². The topological polar surface area (TPSA) is 21.6 Å². The summed E-state index contributed by atoms with van der Waals surface area (Å²) in [5.41, 5.74) is 4.82. The van der Waals surface area contributed by atoms with Crippen LogP contribution in [0, 0.1) is 6.92 Å². The zero-order valence-corrected chi connectivity index (χ0v) is 10.8. The minimum Gasteiger partial charge on any atom is -0.486 e. The highest BCUT2D eigenvalue weighted by Crippen LogP contribution is 2.15. The Morgan fingerprint density at radius 2 is 1.50 bits per heavy atom. The van der Waals surface area contributed by atoms with Gasteiger partial charge in [-0.3, -0.25) is 0 Å². The smallest absolute Gasteiger partial charge is 0.174 e. The van der Waals surface area contributed by atoms with Crippen molar-refractivity contribution < 1.29 is 4.74 Å². The van der Waals surface area contributed by atoms with Gasteiger partial charge in [-0.2, -0.15) is 0 Å². The molecule has 0 aliphatic carbocycles. The van der Waals surface area contributed by atoms with Gasteiger partial charge in [0.15, 0.2) is 6.40 Å². The lowest BCUT2D eigenvalue weighted by molar-refractivity contribution is 0.423. The summed E-state index contributed by atoms with van der Waals surface area (Å²) >= 11 is 0. The third-order valence-corrected chi connectivity index (χ3v) is 2.77. The predicted molar refractivity (Wildman–Crippen MR) is 75.6 cm³/mol. The highest BCUT2D eigenvalue weighted by Gasteiger charge is 1.96. The number of nitrogens with zero attached hydrogens (tertiary/aromatic N) is 1. The Morgan fingerprint density at radius 3 is 2.06 bits per heavy atom. The molecule has 0 saturated carbocycles. The summed E-state index contributed by atoms with van der Waals surface area (Å²) in [4.78, 5) is 4.14. The van der Waals surface area contributed by atoms with Crippen LogP contribution in [0.4, 0.5) is 5.69 Å². The zero-order valence-electron chi connectivity index (χ0n) is 10.8.